The number of fused-ring (bicyclic) bond motifs is 1. The molecule has 0 spiro atoms. The van der Waals surface area contributed by atoms with Gasteiger partial charge in [0.1, 0.15) is 5.75 Å². The van der Waals surface area contributed by atoms with Crippen LogP contribution in [0.4, 0.5) is 0 Å². The number of nitrogens with one attached hydrogen (secondary N) is 1. The fourth-order valence-electron chi connectivity index (χ4n) is 3.76. The monoisotopic (exact) mass is 388 g/mol. The van der Waals surface area contributed by atoms with E-state index in [9.17, 15) is 4.79 Å². The molecule has 1 fully saturated rings. The molecular weight excluding hydrogens is 360 g/mol. The number of amides is 1. The van der Waals surface area contributed by atoms with Crippen molar-refractivity contribution in [3.8, 4) is 5.75 Å². The number of hydrogen-bond acceptors (Lipinski definition) is 3. The highest BCUT2D eigenvalue weighted by molar-refractivity contribution is 5.85. The van der Waals surface area contributed by atoms with Crippen LogP contribution < -0.4 is 10.1 Å². The molecule has 0 bridgehead atoms. The molecule has 1 N–H and O–H groups in total. The van der Waals surface area contributed by atoms with Crippen molar-refractivity contribution in [2.75, 3.05) is 13.7 Å². The van der Waals surface area contributed by atoms with E-state index in [1.54, 1.807) is 7.11 Å². The van der Waals surface area contributed by atoms with Crippen LogP contribution in [0, 0.1) is 0 Å². The van der Waals surface area contributed by atoms with Crippen LogP contribution >= 0.6 is 0 Å². The predicted molar refractivity (Wildman–Crippen MR) is 117 cm³/mol. The van der Waals surface area contributed by atoms with Crippen molar-refractivity contribution in [2.24, 2.45) is 0 Å². The van der Waals surface area contributed by atoms with Crippen LogP contribution in [0.15, 0.2) is 66.7 Å². The molecule has 0 aliphatic heterocycles. The smallest absolute Gasteiger partial charge is 0.221 e. The maximum Gasteiger partial charge on any atom is 0.221 e. The highest BCUT2D eigenvalue weighted by atomic mass is 16.5. The van der Waals surface area contributed by atoms with E-state index < -0.39 is 0 Å². The van der Waals surface area contributed by atoms with Crippen LogP contribution in [-0.4, -0.2) is 30.5 Å². The van der Waals surface area contributed by atoms with E-state index in [0.29, 0.717) is 19.0 Å². The van der Waals surface area contributed by atoms with Gasteiger partial charge in [-0.15, -0.1) is 0 Å². The van der Waals surface area contributed by atoms with E-state index in [-0.39, 0.29) is 5.91 Å². The zero-order valence-electron chi connectivity index (χ0n) is 16.9. The van der Waals surface area contributed by atoms with Gasteiger partial charge < -0.3 is 10.1 Å². The topological polar surface area (TPSA) is 41.6 Å². The summed E-state index contributed by atoms with van der Waals surface area (Å²) in [5.41, 5.74) is 2.42. The molecule has 4 nitrogen and oxygen atoms in total. The third-order valence-electron chi connectivity index (χ3n) is 5.59. The standard InChI is InChI=1S/C25H28N2O2/c1-29-23-13-9-19(10-14-23)17-26-25(28)15-16-27(22-11-12-22)18-21-7-4-6-20-5-2-3-8-24(20)21/h2-10,13-14,22H,11-12,15-18H2,1H3,(H,26,28). The molecule has 0 saturated heterocycles. The summed E-state index contributed by atoms with van der Waals surface area (Å²) in [4.78, 5) is 14.9. The number of hydrogen-bond donors (Lipinski definition) is 1. The SMILES string of the molecule is COc1ccc(CNC(=O)CCN(Cc2cccc3ccccc23)C2CC2)cc1. The van der Waals surface area contributed by atoms with Gasteiger partial charge in [-0.05, 0) is 46.9 Å². The summed E-state index contributed by atoms with van der Waals surface area (Å²) in [6.07, 6.45) is 2.99. The van der Waals surface area contributed by atoms with Crippen LogP contribution in [0.5, 0.6) is 5.75 Å². The fourth-order valence-corrected chi connectivity index (χ4v) is 3.76. The molecule has 0 unspecified atom stereocenters. The maximum atomic E-state index is 12.4. The lowest BCUT2D eigenvalue weighted by atomic mass is 10.0. The molecule has 150 valence electrons. The van der Waals surface area contributed by atoms with Crippen molar-refractivity contribution >= 4 is 16.7 Å². The van der Waals surface area contributed by atoms with Gasteiger partial charge in [-0.3, -0.25) is 9.69 Å². The molecule has 29 heavy (non-hydrogen) atoms. The number of benzene rings is 3. The Balaban J connectivity index is 1.32. The molecule has 1 aliphatic rings. The molecule has 1 amide bonds. The van der Waals surface area contributed by atoms with Gasteiger partial charge in [-0.25, -0.2) is 0 Å². The Morgan fingerprint density at radius 3 is 2.55 bits per heavy atom. The predicted octanol–water partition coefficient (Wildman–Crippen LogP) is 4.52. The molecule has 3 aromatic carbocycles. The van der Waals surface area contributed by atoms with E-state index >= 15 is 0 Å². The molecule has 0 aromatic heterocycles. The number of rotatable bonds is 9. The van der Waals surface area contributed by atoms with Gasteiger partial charge in [0.05, 0.1) is 7.11 Å². The van der Waals surface area contributed by atoms with Crippen molar-refractivity contribution in [3.63, 3.8) is 0 Å². The third kappa shape index (κ3) is 5.15. The average molecular weight is 389 g/mol. The van der Waals surface area contributed by atoms with Crippen molar-refractivity contribution < 1.29 is 9.53 Å². The Kier molecular flexibility index (Phi) is 6.11. The van der Waals surface area contributed by atoms with Gasteiger partial charge in [-0.2, -0.15) is 0 Å². The van der Waals surface area contributed by atoms with Crippen molar-refractivity contribution in [3.05, 3.63) is 77.9 Å². The van der Waals surface area contributed by atoms with Crippen molar-refractivity contribution in [2.45, 2.75) is 38.4 Å². The number of ether oxygens (including phenoxy) is 1. The van der Waals surface area contributed by atoms with Gasteiger partial charge in [0.2, 0.25) is 5.91 Å². The number of methoxy groups -OCH3 is 1. The average Bonchev–Trinajstić information content (AvgIpc) is 3.61. The first-order chi connectivity index (χ1) is 14.2. The first kappa shape index (κ1) is 19.5. The van der Waals surface area contributed by atoms with Crippen LogP contribution in [0.3, 0.4) is 0 Å². The van der Waals surface area contributed by atoms with E-state index in [1.807, 2.05) is 24.3 Å². The van der Waals surface area contributed by atoms with Crippen molar-refractivity contribution in [1.29, 1.82) is 0 Å². The second-order valence-electron chi connectivity index (χ2n) is 7.71. The second kappa shape index (κ2) is 9.10. The van der Waals surface area contributed by atoms with Gasteiger partial charge in [0, 0.05) is 32.1 Å². The van der Waals surface area contributed by atoms with Crippen LogP contribution in [-0.2, 0) is 17.9 Å². The lowest BCUT2D eigenvalue weighted by Crippen LogP contribution is -2.32. The molecular formula is C25H28N2O2. The van der Waals surface area contributed by atoms with Gasteiger partial charge in [0.15, 0.2) is 0 Å². The molecule has 0 atom stereocenters. The largest absolute Gasteiger partial charge is 0.497 e. The van der Waals surface area contributed by atoms with Gasteiger partial charge >= 0.3 is 0 Å². The van der Waals surface area contributed by atoms with E-state index in [4.69, 9.17) is 4.74 Å². The zero-order chi connectivity index (χ0) is 20.1. The summed E-state index contributed by atoms with van der Waals surface area (Å²) in [5, 5.41) is 5.62. The summed E-state index contributed by atoms with van der Waals surface area (Å²) in [6.45, 7) is 2.25. The van der Waals surface area contributed by atoms with Crippen LogP contribution in [0.1, 0.15) is 30.4 Å². The van der Waals surface area contributed by atoms with E-state index in [0.717, 1.165) is 24.4 Å². The highest BCUT2D eigenvalue weighted by Gasteiger charge is 2.29. The second-order valence-corrected chi connectivity index (χ2v) is 7.71. The Morgan fingerprint density at radius 1 is 1.03 bits per heavy atom. The first-order valence-corrected chi connectivity index (χ1v) is 10.3. The summed E-state index contributed by atoms with van der Waals surface area (Å²) < 4.78 is 5.17. The molecule has 4 rings (SSSR count). The van der Waals surface area contributed by atoms with Crippen LogP contribution in [0.25, 0.3) is 10.8 Å². The molecule has 4 heteroatoms. The molecule has 0 heterocycles. The molecule has 1 aliphatic carbocycles. The van der Waals surface area contributed by atoms with E-state index in [2.05, 4.69) is 52.7 Å². The number of nitrogens with zero attached hydrogens (tertiary/aromatic N) is 1. The number of carbonyl (C=O) groups is 1. The highest BCUT2D eigenvalue weighted by Crippen LogP contribution is 2.30. The summed E-state index contributed by atoms with van der Waals surface area (Å²) in [5.74, 6) is 0.929. The van der Waals surface area contributed by atoms with Crippen LogP contribution in [0.2, 0.25) is 0 Å². The quantitative estimate of drug-likeness (QED) is 0.586. The number of carbonyl (C=O) groups excluding carboxylic acids is 1. The molecule has 1 saturated carbocycles. The van der Waals surface area contributed by atoms with Gasteiger partial charge in [-0.1, -0.05) is 54.6 Å². The summed E-state index contributed by atoms with van der Waals surface area (Å²) in [6, 6.07) is 23.4. The Morgan fingerprint density at radius 2 is 1.79 bits per heavy atom. The summed E-state index contributed by atoms with van der Waals surface area (Å²) in [7, 11) is 1.65. The third-order valence-corrected chi connectivity index (χ3v) is 5.59. The lowest BCUT2D eigenvalue weighted by molar-refractivity contribution is -0.121. The Labute approximate surface area is 172 Å². The van der Waals surface area contributed by atoms with Crippen molar-refractivity contribution in [1.82, 2.24) is 10.2 Å². The minimum atomic E-state index is 0.101. The minimum Gasteiger partial charge on any atom is -0.497 e. The fraction of sp³-hybridized carbons (Fsp3) is 0.320. The maximum absolute atomic E-state index is 12.4. The lowest BCUT2D eigenvalue weighted by Gasteiger charge is -2.22. The Bertz CT molecular complexity index is 959. The molecule has 0 radical (unpaired) electrons. The normalized spacial score (nSPS) is 13.6. The summed E-state index contributed by atoms with van der Waals surface area (Å²) >= 11 is 0. The zero-order valence-corrected chi connectivity index (χ0v) is 16.9. The minimum absolute atomic E-state index is 0.101. The molecule has 3 aromatic rings. The first-order valence-electron chi connectivity index (χ1n) is 10.3. The van der Waals surface area contributed by atoms with Gasteiger partial charge in [0.25, 0.3) is 0 Å². The Hall–Kier alpha value is -2.85. The van der Waals surface area contributed by atoms with E-state index in [1.165, 1.54) is 29.2 Å².